The molecule has 2 heterocycles. The number of nitrogens with zero attached hydrogens (tertiary/aromatic N) is 3. The molecule has 1 atom stereocenters. The summed E-state index contributed by atoms with van der Waals surface area (Å²) in [7, 11) is 0. The number of nitriles is 1. The van der Waals surface area contributed by atoms with Crippen LogP contribution in [0.5, 0.6) is 0 Å². The fourth-order valence-electron chi connectivity index (χ4n) is 2.84. The summed E-state index contributed by atoms with van der Waals surface area (Å²) in [5.41, 5.74) is 9.62. The Morgan fingerprint density at radius 2 is 2.25 bits per heavy atom. The van der Waals surface area contributed by atoms with Gasteiger partial charge < -0.3 is 10.6 Å². The van der Waals surface area contributed by atoms with Crippen LogP contribution in [-0.4, -0.2) is 11.5 Å². The van der Waals surface area contributed by atoms with Crippen LogP contribution in [0.3, 0.4) is 0 Å². The molecule has 100 valence electrons. The number of nitrogens with two attached hydrogens (primary N) is 1. The number of benzene rings is 1. The van der Waals surface area contributed by atoms with Crippen molar-refractivity contribution in [3.05, 3.63) is 53.9 Å². The molecule has 1 unspecified atom stereocenters. The first kappa shape index (κ1) is 12.5. The molecule has 0 aliphatic carbocycles. The topological polar surface area (TPSA) is 65.9 Å². The first-order chi connectivity index (χ1) is 9.79. The summed E-state index contributed by atoms with van der Waals surface area (Å²) in [6, 6.07) is 12.0. The van der Waals surface area contributed by atoms with Gasteiger partial charge in [-0.1, -0.05) is 6.07 Å². The molecule has 2 N–H and O–H groups in total. The van der Waals surface area contributed by atoms with Crippen LogP contribution in [0.2, 0.25) is 0 Å². The fraction of sp³-hybridized carbons (Fsp3) is 0.250. The Morgan fingerprint density at radius 3 is 3.00 bits per heavy atom. The van der Waals surface area contributed by atoms with Crippen molar-refractivity contribution in [1.82, 2.24) is 4.98 Å². The number of anilines is 2. The second-order valence-electron chi connectivity index (χ2n) is 5.02. The lowest BCUT2D eigenvalue weighted by atomic mass is 10.1. The molecule has 1 aromatic heterocycles. The summed E-state index contributed by atoms with van der Waals surface area (Å²) in [6.45, 7) is 0.957. The fourth-order valence-corrected chi connectivity index (χ4v) is 2.84. The zero-order valence-electron chi connectivity index (χ0n) is 11.2. The zero-order valence-corrected chi connectivity index (χ0v) is 11.2. The quantitative estimate of drug-likeness (QED) is 0.847. The number of hydrogen-bond acceptors (Lipinski definition) is 4. The van der Waals surface area contributed by atoms with E-state index in [2.05, 4.69) is 22.0 Å². The van der Waals surface area contributed by atoms with Gasteiger partial charge in [0, 0.05) is 18.9 Å². The zero-order chi connectivity index (χ0) is 13.9. The third-order valence-corrected chi connectivity index (χ3v) is 3.79. The van der Waals surface area contributed by atoms with Crippen molar-refractivity contribution < 1.29 is 0 Å². The van der Waals surface area contributed by atoms with Crippen molar-refractivity contribution in [3.63, 3.8) is 0 Å². The van der Waals surface area contributed by atoms with Crippen LogP contribution in [0.4, 0.5) is 11.4 Å². The van der Waals surface area contributed by atoms with Crippen molar-refractivity contribution in [1.29, 1.82) is 5.26 Å². The van der Waals surface area contributed by atoms with Gasteiger partial charge in [0.2, 0.25) is 0 Å². The molecule has 3 rings (SSSR count). The highest BCUT2D eigenvalue weighted by Crippen LogP contribution is 2.38. The Kier molecular flexibility index (Phi) is 3.26. The minimum atomic E-state index is 0.292. The number of nitrogen functional groups attached to an aromatic ring is 1. The molecule has 4 nitrogen and oxygen atoms in total. The Balaban J connectivity index is 1.99. The van der Waals surface area contributed by atoms with Gasteiger partial charge in [-0.05, 0) is 42.7 Å². The number of aromatic nitrogens is 1. The summed E-state index contributed by atoms with van der Waals surface area (Å²) in [6.07, 6.45) is 5.90. The largest absolute Gasteiger partial charge is 0.397 e. The molecule has 0 amide bonds. The highest BCUT2D eigenvalue weighted by molar-refractivity contribution is 5.70. The minimum absolute atomic E-state index is 0.292. The molecule has 1 fully saturated rings. The first-order valence-electron chi connectivity index (χ1n) is 6.76. The molecule has 0 spiro atoms. The van der Waals surface area contributed by atoms with E-state index >= 15 is 0 Å². The van der Waals surface area contributed by atoms with Gasteiger partial charge in [-0.15, -0.1) is 0 Å². The van der Waals surface area contributed by atoms with E-state index in [-0.39, 0.29) is 0 Å². The van der Waals surface area contributed by atoms with E-state index in [1.807, 2.05) is 24.4 Å². The average molecular weight is 264 g/mol. The van der Waals surface area contributed by atoms with Crippen LogP contribution >= 0.6 is 0 Å². The Labute approximate surface area is 118 Å². The summed E-state index contributed by atoms with van der Waals surface area (Å²) in [5.74, 6) is 0. The van der Waals surface area contributed by atoms with Gasteiger partial charge in [-0.3, -0.25) is 4.98 Å². The normalized spacial score (nSPS) is 17.9. The van der Waals surface area contributed by atoms with Gasteiger partial charge in [-0.2, -0.15) is 5.26 Å². The third kappa shape index (κ3) is 2.19. The van der Waals surface area contributed by atoms with Gasteiger partial charge in [0.15, 0.2) is 0 Å². The highest BCUT2D eigenvalue weighted by Gasteiger charge is 2.27. The second kappa shape index (κ2) is 5.22. The van der Waals surface area contributed by atoms with E-state index in [4.69, 9.17) is 11.0 Å². The maximum absolute atomic E-state index is 9.06. The Hall–Kier alpha value is -2.54. The molecule has 1 aliphatic rings. The smallest absolute Gasteiger partial charge is 0.0992 e. The lowest BCUT2D eigenvalue weighted by Gasteiger charge is -2.28. The van der Waals surface area contributed by atoms with Crippen molar-refractivity contribution >= 4 is 11.4 Å². The van der Waals surface area contributed by atoms with Gasteiger partial charge in [0.1, 0.15) is 0 Å². The predicted octanol–water partition coefficient (Wildman–Crippen LogP) is 2.88. The summed E-state index contributed by atoms with van der Waals surface area (Å²) < 4.78 is 0. The standard InChI is InChI=1S/C16H16N4/c17-10-12-5-6-14(18)16(9-12)20-8-2-4-15(20)13-3-1-7-19-11-13/h1,3,5-7,9,11,15H,2,4,8,18H2. The molecule has 4 heteroatoms. The van der Waals surface area contributed by atoms with E-state index in [0.29, 0.717) is 11.6 Å². The molecule has 1 saturated heterocycles. The lowest BCUT2D eigenvalue weighted by Crippen LogP contribution is -2.23. The number of rotatable bonds is 2. The van der Waals surface area contributed by atoms with Gasteiger partial charge in [0.25, 0.3) is 0 Å². The molecule has 1 aliphatic heterocycles. The molecule has 2 aromatic rings. The predicted molar refractivity (Wildman–Crippen MR) is 79.1 cm³/mol. The summed E-state index contributed by atoms with van der Waals surface area (Å²) in [5, 5.41) is 9.06. The first-order valence-corrected chi connectivity index (χ1v) is 6.76. The van der Waals surface area contributed by atoms with Gasteiger partial charge in [-0.25, -0.2) is 0 Å². The van der Waals surface area contributed by atoms with Crippen molar-refractivity contribution in [2.24, 2.45) is 0 Å². The SMILES string of the molecule is N#Cc1ccc(N)c(N2CCCC2c2cccnc2)c1. The lowest BCUT2D eigenvalue weighted by molar-refractivity contribution is 0.716. The van der Waals surface area contributed by atoms with Crippen LogP contribution in [0.1, 0.15) is 30.0 Å². The van der Waals surface area contributed by atoms with E-state index < -0.39 is 0 Å². The minimum Gasteiger partial charge on any atom is -0.397 e. The molecular weight excluding hydrogens is 248 g/mol. The average Bonchev–Trinajstić information content (AvgIpc) is 2.98. The molecule has 0 saturated carbocycles. The van der Waals surface area contributed by atoms with E-state index in [1.54, 1.807) is 12.3 Å². The highest BCUT2D eigenvalue weighted by atomic mass is 15.2. The Bertz CT molecular complexity index is 645. The monoisotopic (exact) mass is 264 g/mol. The molecule has 0 radical (unpaired) electrons. The van der Waals surface area contributed by atoms with Crippen LogP contribution in [0, 0.1) is 11.3 Å². The van der Waals surface area contributed by atoms with E-state index in [9.17, 15) is 0 Å². The van der Waals surface area contributed by atoms with Crippen LogP contribution < -0.4 is 10.6 Å². The van der Waals surface area contributed by atoms with Crippen LogP contribution in [0.15, 0.2) is 42.7 Å². The molecule has 1 aromatic carbocycles. The van der Waals surface area contributed by atoms with Crippen molar-refractivity contribution in [2.45, 2.75) is 18.9 Å². The van der Waals surface area contributed by atoms with E-state index in [1.165, 1.54) is 5.56 Å². The van der Waals surface area contributed by atoms with Crippen molar-refractivity contribution in [3.8, 4) is 6.07 Å². The maximum atomic E-state index is 9.06. The van der Waals surface area contributed by atoms with Gasteiger partial charge >= 0.3 is 0 Å². The molecular formula is C16H16N4. The maximum Gasteiger partial charge on any atom is 0.0992 e. The van der Waals surface area contributed by atoms with Crippen LogP contribution in [0.25, 0.3) is 0 Å². The van der Waals surface area contributed by atoms with Gasteiger partial charge in [0.05, 0.1) is 29.0 Å². The number of hydrogen-bond donors (Lipinski definition) is 1. The Morgan fingerprint density at radius 1 is 1.35 bits per heavy atom. The summed E-state index contributed by atoms with van der Waals surface area (Å²) >= 11 is 0. The van der Waals surface area contributed by atoms with E-state index in [0.717, 1.165) is 30.8 Å². The number of pyridine rings is 1. The van der Waals surface area contributed by atoms with Crippen LogP contribution in [-0.2, 0) is 0 Å². The van der Waals surface area contributed by atoms with Crippen molar-refractivity contribution in [2.75, 3.05) is 17.2 Å². The summed E-state index contributed by atoms with van der Waals surface area (Å²) in [4.78, 5) is 6.49. The molecule has 20 heavy (non-hydrogen) atoms. The molecule has 0 bridgehead atoms. The second-order valence-corrected chi connectivity index (χ2v) is 5.02. The third-order valence-electron chi connectivity index (χ3n) is 3.79.